The molecule has 0 aliphatic carbocycles. The monoisotopic (exact) mass is 294 g/mol. The molecule has 1 aliphatic rings. The van der Waals surface area contributed by atoms with Gasteiger partial charge in [0.25, 0.3) is 5.22 Å². The van der Waals surface area contributed by atoms with Crippen molar-refractivity contribution in [3.8, 4) is 11.5 Å². The molecule has 3 rings (SSSR count). The van der Waals surface area contributed by atoms with E-state index in [0.717, 1.165) is 22.8 Å². The molecular weight excluding hydrogens is 280 g/mol. The minimum Gasteiger partial charge on any atom is -0.454 e. The highest BCUT2D eigenvalue weighted by molar-refractivity contribution is 7.99. The molecule has 0 spiro atoms. The lowest BCUT2D eigenvalue weighted by atomic mass is 10.1. The summed E-state index contributed by atoms with van der Waals surface area (Å²) >= 11 is 1.49. The van der Waals surface area contributed by atoms with Crippen LogP contribution in [0.1, 0.15) is 11.5 Å². The fourth-order valence-electron chi connectivity index (χ4n) is 1.81. The molecule has 0 saturated heterocycles. The zero-order valence-corrected chi connectivity index (χ0v) is 11.8. The number of benzene rings is 1. The van der Waals surface area contributed by atoms with Crippen molar-refractivity contribution in [1.82, 2.24) is 10.2 Å². The summed E-state index contributed by atoms with van der Waals surface area (Å²) in [6.45, 7) is 0.935. The van der Waals surface area contributed by atoms with Crippen LogP contribution in [-0.4, -0.2) is 36.5 Å². The molecule has 1 aliphatic heterocycles. The highest BCUT2D eigenvalue weighted by Gasteiger charge is 2.14. The Morgan fingerprint density at radius 2 is 2.15 bits per heavy atom. The van der Waals surface area contributed by atoms with Crippen LogP contribution in [0.4, 0.5) is 0 Å². The Morgan fingerprint density at radius 3 is 3.05 bits per heavy atom. The van der Waals surface area contributed by atoms with Crippen LogP contribution in [0.3, 0.4) is 0 Å². The maximum Gasteiger partial charge on any atom is 0.276 e. The van der Waals surface area contributed by atoms with Gasteiger partial charge in [-0.15, -0.1) is 10.2 Å². The van der Waals surface area contributed by atoms with E-state index >= 15 is 0 Å². The Kier molecular flexibility index (Phi) is 4.08. The lowest BCUT2D eigenvalue weighted by Crippen LogP contribution is -1.93. The number of hydrogen-bond acceptors (Lipinski definition) is 7. The van der Waals surface area contributed by atoms with Crippen LogP contribution in [0.2, 0.25) is 0 Å². The molecular formula is C13H14N2O4S. The maximum atomic E-state index is 5.57. The second kappa shape index (κ2) is 6.15. The van der Waals surface area contributed by atoms with Crippen molar-refractivity contribution in [3.05, 3.63) is 29.7 Å². The Labute approximate surface area is 120 Å². The van der Waals surface area contributed by atoms with E-state index in [4.69, 9.17) is 18.6 Å². The van der Waals surface area contributed by atoms with Gasteiger partial charge in [-0.1, -0.05) is 17.8 Å². The van der Waals surface area contributed by atoms with Crippen molar-refractivity contribution in [2.45, 2.75) is 11.6 Å². The molecule has 0 amide bonds. The molecule has 0 saturated carbocycles. The molecule has 0 unspecified atom stereocenters. The minimum absolute atomic E-state index is 0.277. The van der Waals surface area contributed by atoms with Gasteiger partial charge >= 0.3 is 0 Å². The summed E-state index contributed by atoms with van der Waals surface area (Å²) in [6, 6.07) is 5.79. The van der Waals surface area contributed by atoms with Crippen molar-refractivity contribution in [3.63, 3.8) is 0 Å². The minimum atomic E-state index is 0.277. The Hall–Kier alpha value is -1.73. The Balaban J connectivity index is 1.63. The number of hydrogen-bond donors (Lipinski definition) is 0. The van der Waals surface area contributed by atoms with Gasteiger partial charge in [-0.25, -0.2) is 0 Å². The number of fused-ring (bicyclic) bond motifs is 1. The van der Waals surface area contributed by atoms with Gasteiger partial charge in [-0.05, 0) is 17.7 Å². The van der Waals surface area contributed by atoms with E-state index in [1.54, 1.807) is 7.11 Å². The molecule has 106 valence electrons. The summed E-state index contributed by atoms with van der Waals surface area (Å²) in [5, 5.41) is 8.59. The molecule has 1 aromatic carbocycles. The third-order valence-electron chi connectivity index (χ3n) is 2.75. The fourth-order valence-corrected chi connectivity index (χ4v) is 2.48. The molecule has 2 aromatic rings. The van der Waals surface area contributed by atoms with E-state index in [2.05, 4.69) is 10.2 Å². The van der Waals surface area contributed by atoms with Crippen LogP contribution in [0.5, 0.6) is 11.5 Å². The zero-order chi connectivity index (χ0) is 13.8. The zero-order valence-electron chi connectivity index (χ0n) is 11.0. The third kappa shape index (κ3) is 3.05. The number of ether oxygens (including phenoxy) is 3. The van der Waals surface area contributed by atoms with Gasteiger partial charge < -0.3 is 18.6 Å². The third-order valence-corrected chi connectivity index (χ3v) is 3.54. The van der Waals surface area contributed by atoms with Crippen molar-refractivity contribution < 1.29 is 18.6 Å². The lowest BCUT2D eigenvalue weighted by Gasteiger charge is -1.99. The summed E-state index contributed by atoms with van der Waals surface area (Å²) in [5.41, 5.74) is 1.05. The van der Waals surface area contributed by atoms with Crippen molar-refractivity contribution in [1.29, 1.82) is 0 Å². The number of methoxy groups -OCH3 is 1. The summed E-state index contributed by atoms with van der Waals surface area (Å²) in [5.74, 6) is 2.91. The van der Waals surface area contributed by atoms with Crippen LogP contribution >= 0.6 is 11.8 Å². The molecule has 0 atom stereocenters. The molecule has 0 radical (unpaired) electrons. The molecule has 0 fully saturated rings. The molecule has 0 bridgehead atoms. The van der Waals surface area contributed by atoms with Gasteiger partial charge in [0.1, 0.15) is 0 Å². The Morgan fingerprint density at radius 1 is 1.25 bits per heavy atom. The smallest absolute Gasteiger partial charge is 0.276 e. The average molecular weight is 294 g/mol. The molecule has 2 heterocycles. The molecule has 6 nitrogen and oxygen atoms in total. The number of nitrogens with zero attached hydrogens (tertiary/aromatic N) is 2. The highest BCUT2D eigenvalue weighted by atomic mass is 32.2. The first-order valence-corrected chi connectivity index (χ1v) is 7.16. The highest BCUT2D eigenvalue weighted by Crippen LogP contribution is 2.33. The van der Waals surface area contributed by atoms with Crippen LogP contribution < -0.4 is 9.47 Å². The van der Waals surface area contributed by atoms with Gasteiger partial charge in [0.2, 0.25) is 12.7 Å². The van der Waals surface area contributed by atoms with Gasteiger partial charge in [0.15, 0.2) is 11.5 Å². The van der Waals surface area contributed by atoms with Gasteiger partial charge in [-0.3, -0.25) is 0 Å². The summed E-state index contributed by atoms with van der Waals surface area (Å²) in [6.07, 6.45) is 0.578. The van der Waals surface area contributed by atoms with E-state index in [0.29, 0.717) is 24.1 Å². The first-order chi connectivity index (χ1) is 9.85. The maximum absolute atomic E-state index is 5.57. The van der Waals surface area contributed by atoms with Crippen molar-refractivity contribution >= 4 is 11.8 Å². The van der Waals surface area contributed by atoms with E-state index < -0.39 is 0 Å². The standard InChI is InChI=1S/C13H14N2O4S/c1-16-4-5-20-13-15-14-12(19-13)7-9-2-3-10-11(6-9)18-8-17-10/h2-3,6H,4-5,7-8H2,1H3. The van der Waals surface area contributed by atoms with Gasteiger partial charge in [0.05, 0.1) is 13.0 Å². The second-order valence-electron chi connectivity index (χ2n) is 4.17. The topological polar surface area (TPSA) is 66.6 Å². The van der Waals surface area contributed by atoms with E-state index in [1.807, 2.05) is 18.2 Å². The van der Waals surface area contributed by atoms with E-state index in [1.165, 1.54) is 11.8 Å². The predicted octanol–water partition coefficient (Wildman–Crippen LogP) is 2.13. The largest absolute Gasteiger partial charge is 0.454 e. The van der Waals surface area contributed by atoms with Crippen molar-refractivity contribution in [2.24, 2.45) is 0 Å². The number of thioether (sulfide) groups is 1. The van der Waals surface area contributed by atoms with E-state index in [9.17, 15) is 0 Å². The SMILES string of the molecule is COCCSc1nnc(Cc2ccc3c(c2)OCO3)o1. The van der Waals surface area contributed by atoms with E-state index in [-0.39, 0.29) is 6.79 Å². The average Bonchev–Trinajstić information content (AvgIpc) is 3.08. The van der Waals surface area contributed by atoms with Crippen molar-refractivity contribution in [2.75, 3.05) is 26.3 Å². The fraction of sp³-hybridized carbons (Fsp3) is 0.385. The first-order valence-electron chi connectivity index (χ1n) is 6.18. The van der Waals surface area contributed by atoms with Crippen LogP contribution in [-0.2, 0) is 11.2 Å². The molecule has 20 heavy (non-hydrogen) atoms. The predicted molar refractivity (Wildman–Crippen MR) is 72.3 cm³/mol. The Bertz CT molecular complexity index is 588. The second-order valence-corrected chi connectivity index (χ2v) is 5.21. The quantitative estimate of drug-likeness (QED) is 0.597. The molecule has 7 heteroatoms. The summed E-state index contributed by atoms with van der Waals surface area (Å²) < 4.78 is 21.2. The summed E-state index contributed by atoms with van der Waals surface area (Å²) in [7, 11) is 1.67. The molecule has 1 aromatic heterocycles. The summed E-state index contributed by atoms with van der Waals surface area (Å²) in [4.78, 5) is 0. The first kappa shape index (κ1) is 13.3. The van der Waals surface area contributed by atoms with Gasteiger partial charge in [0, 0.05) is 12.9 Å². The van der Waals surface area contributed by atoms with Crippen LogP contribution in [0, 0.1) is 0 Å². The van der Waals surface area contributed by atoms with Crippen LogP contribution in [0.25, 0.3) is 0 Å². The van der Waals surface area contributed by atoms with Gasteiger partial charge in [-0.2, -0.15) is 0 Å². The molecule has 0 N–H and O–H groups in total. The van der Waals surface area contributed by atoms with Crippen LogP contribution in [0.15, 0.2) is 27.8 Å². The lowest BCUT2D eigenvalue weighted by molar-refractivity contribution is 0.174. The number of rotatable bonds is 6. The normalized spacial score (nSPS) is 12.8. The number of aromatic nitrogens is 2.